The summed E-state index contributed by atoms with van der Waals surface area (Å²) in [6.45, 7) is 8.47. The Labute approximate surface area is 117 Å². The smallest absolute Gasteiger partial charge is 0.101 e. The van der Waals surface area contributed by atoms with Gasteiger partial charge in [0.25, 0.3) is 0 Å². The highest BCUT2D eigenvalue weighted by atomic mass is 15.1. The van der Waals surface area contributed by atoms with Crippen molar-refractivity contribution < 1.29 is 0 Å². The average molecular weight is 259 g/mol. The minimum atomic E-state index is 0.607. The summed E-state index contributed by atoms with van der Waals surface area (Å²) in [5.41, 5.74) is 2.81. The lowest BCUT2D eigenvalue weighted by molar-refractivity contribution is 0.269. The van der Waals surface area contributed by atoms with Crippen molar-refractivity contribution in [3.8, 4) is 6.07 Å². The molecule has 104 valence electrons. The van der Waals surface area contributed by atoms with Crippen LogP contribution >= 0.6 is 0 Å². The van der Waals surface area contributed by atoms with Gasteiger partial charge in [0.15, 0.2) is 0 Å². The number of unbranched alkanes of at least 4 members (excludes halogenated alkanes) is 1. The first kappa shape index (κ1) is 15.5. The Hall–Kier alpha value is -1.53. The van der Waals surface area contributed by atoms with E-state index in [-0.39, 0.29) is 0 Å². The molecule has 0 unspecified atom stereocenters. The molecule has 0 spiro atoms. The molecule has 0 saturated carbocycles. The summed E-state index contributed by atoms with van der Waals surface area (Å²) in [5.74, 6) is 0. The summed E-state index contributed by atoms with van der Waals surface area (Å²) < 4.78 is 0. The summed E-state index contributed by atoms with van der Waals surface area (Å²) in [4.78, 5) is 2.35. The summed E-state index contributed by atoms with van der Waals surface area (Å²) in [5, 5.41) is 12.4. The van der Waals surface area contributed by atoms with E-state index in [9.17, 15) is 0 Å². The van der Waals surface area contributed by atoms with E-state index in [4.69, 9.17) is 5.26 Å². The second kappa shape index (κ2) is 7.81. The van der Waals surface area contributed by atoms with Gasteiger partial charge >= 0.3 is 0 Å². The number of nitrogens with one attached hydrogen (secondary N) is 1. The van der Waals surface area contributed by atoms with E-state index in [1.54, 1.807) is 0 Å². The van der Waals surface area contributed by atoms with Crippen molar-refractivity contribution in [2.45, 2.75) is 39.7 Å². The van der Waals surface area contributed by atoms with Gasteiger partial charge in [-0.3, -0.25) is 0 Å². The summed E-state index contributed by atoms with van der Waals surface area (Å²) in [6.07, 6.45) is 2.30. The lowest BCUT2D eigenvalue weighted by atomic mass is 10.1. The highest BCUT2D eigenvalue weighted by molar-refractivity contribution is 5.58. The fourth-order valence-electron chi connectivity index (χ4n) is 1.87. The number of rotatable bonds is 7. The number of aryl methyl sites for hydroxylation is 1. The maximum atomic E-state index is 9.08. The van der Waals surface area contributed by atoms with Crippen molar-refractivity contribution in [1.29, 1.82) is 5.26 Å². The van der Waals surface area contributed by atoms with Crippen LogP contribution in [0.1, 0.15) is 37.8 Å². The van der Waals surface area contributed by atoms with Gasteiger partial charge in [-0.2, -0.15) is 5.26 Å². The van der Waals surface area contributed by atoms with Crippen LogP contribution in [0.5, 0.6) is 0 Å². The fourth-order valence-corrected chi connectivity index (χ4v) is 1.87. The molecule has 3 heteroatoms. The topological polar surface area (TPSA) is 39.1 Å². The molecule has 0 heterocycles. The standard InChI is InChI=1S/C16H25N3/c1-13(2)19(4)10-6-5-9-18-16-8-7-14(3)11-15(16)12-17/h7-8,11,13,18H,5-6,9-10H2,1-4H3. The molecule has 0 aliphatic heterocycles. The molecule has 0 radical (unpaired) electrons. The Balaban J connectivity index is 2.32. The number of anilines is 1. The molecule has 0 atom stereocenters. The Kier molecular flexibility index (Phi) is 6.38. The SMILES string of the molecule is Cc1ccc(NCCCCN(C)C(C)C)c(C#N)c1. The van der Waals surface area contributed by atoms with Crippen molar-refractivity contribution in [1.82, 2.24) is 4.90 Å². The molecule has 1 aromatic rings. The van der Waals surface area contributed by atoms with E-state index in [0.717, 1.165) is 36.3 Å². The largest absolute Gasteiger partial charge is 0.384 e. The van der Waals surface area contributed by atoms with Crippen LogP contribution in [0.15, 0.2) is 18.2 Å². The molecule has 0 aromatic heterocycles. The first-order chi connectivity index (χ1) is 9.04. The molecule has 1 aromatic carbocycles. The van der Waals surface area contributed by atoms with Gasteiger partial charge in [0.1, 0.15) is 6.07 Å². The predicted octanol–water partition coefficient (Wildman–Crippen LogP) is 3.40. The van der Waals surface area contributed by atoms with Crippen molar-refractivity contribution in [3.63, 3.8) is 0 Å². The highest BCUT2D eigenvalue weighted by Gasteiger charge is 2.03. The predicted molar refractivity (Wildman–Crippen MR) is 81.4 cm³/mol. The first-order valence-corrected chi connectivity index (χ1v) is 6.99. The van der Waals surface area contributed by atoms with Gasteiger partial charge in [-0.15, -0.1) is 0 Å². The molecular weight excluding hydrogens is 234 g/mol. The molecule has 0 amide bonds. The summed E-state index contributed by atoms with van der Waals surface area (Å²) in [6, 6.07) is 8.80. The van der Waals surface area contributed by atoms with Gasteiger partial charge in [-0.25, -0.2) is 0 Å². The van der Waals surface area contributed by atoms with Gasteiger partial charge in [0.2, 0.25) is 0 Å². The van der Waals surface area contributed by atoms with Crippen LogP contribution < -0.4 is 5.32 Å². The summed E-state index contributed by atoms with van der Waals surface area (Å²) in [7, 11) is 2.16. The Morgan fingerprint density at radius 3 is 2.68 bits per heavy atom. The molecule has 1 rings (SSSR count). The van der Waals surface area contributed by atoms with Crippen LogP contribution in [0, 0.1) is 18.3 Å². The van der Waals surface area contributed by atoms with Crippen molar-refractivity contribution in [3.05, 3.63) is 29.3 Å². The van der Waals surface area contributed by atoms with E-state index >= 15 is 0 Å². The fraction of sp³-hybridized carbons (Fsp3) is 0.562. The van der Waals surface area contributed by atoms with Gasteiger partial charge in [0.05, 0.1) is 11.3 Å². The van der Waals surface area contributed by atoms with Crippen molar-refractivity contribution >= 4 is 5.69 Å². The third kappa shape index (κ3) is 5.32. The van der Waals surface area contributed by atoms with Gasteiger partial charge in [0, 0.05) is 12.6 Å². The number of hydrogen-bond acceptors (Lipinski definition) is 3. The maximum Gasteiger partial charge on any atom is 0.101 e. The molecule has 0 aliphatic rings. The molecule has 1 N–H and O–H groups in total. The molecule has 0 fully saturated rings. The minimum absolute atomic E-state index is 0.607. The van der Waals surface area contributed by atoms with E-state index in [2.05, 4.69) is 37.2 Å². The summed E-state index contributed by atoms with van der Waals surface area (Å²) >= 11 is 0. The van der Waals surface area contributed by atoms with E-state index in [1.807, 2.05) is 25.1 Å². The average Bonchev–Trinajstić information content (AvgIpc) is 2.39. The maximum absolute atomic E-state index is 9.08. The lowest BCUT2D eigenvalue weighted by Crippen LogP contribution is -2.27. The Morgan fingerprint density at radius 2 is 2.05 bits per heavy atom. The normalized spacial score (nSPS) is 10.8. The number of benzene rings is 1. The van der Waals surface area contributed by atoms with E-state index < -0.39 is 0 Å². The molecule has 0 aliphatic carbocycles. The second-order valence-corrected chi connectivity index (χ2v) is 5.37. The zero-order valence-corrected chi connectivity index (χ0v) is 12.5. The third-order valence-corrected chi connectivity index (χ3v) is 3.43. The highest BCUT2D eigenvalue weighted by Crippen LogP contribution is 2.16. The lowest BCUT2D eigenvalue weighted by Gasteiger charge is -2.20. The van der Waals surface area contributed by atoms with E-state index in [1.165, 1.54) is 6.42 Å². The van der Waals surface area contributed by atoms with Gasteiger partial charge < -0.3 is 10.2 Å². The first-order valence-electron chi connectivity index (χ1n) is 6.99. The second-order valence-electron chi connectivity index (χ2n) is 5.37. The zero-order valence-electron chi connectivity index (χ0n) is 12.5. The van der Waals surface area contributed by atoms with Crippen LogP contribution in [-0.2, 0) is 0 Å². The van der Waals surface area contributed by atoms with Crippen molar-refractivity contribution in [2.24, 2.45) is 0 Å². The Morgan fingerprint density at radius 1 is 1.32 bits per heavy atom. The molecule has 0 bridgehead atoms. The van der Waals surface area contributed by atoms with Gasteiger partial charge in [-0.05, 0) is 64.9 Å². The van der Waals surface area contributed by atoms with Crippen LogP contribution in [0.2, 0.25) is 0 Å². The van der Waals surface area contributed by atoms with Crippen LogP contribution in [0.25, 0.3) is 0 Å². The molecular formula is C16H25N3. The van der Waals surface area contributed by atoms with Crippen LogP contribution in [-0.4, -0.2) is 31.1 Å². The monoisotopic (exact) mass is 259 g/mol. The molecule has 0 saturated heterocycles. The van der Waals surface area contributed by atoms with Gasteiger partial charge in [-0.1, -0.05) is 6.07 Å². The van der Waals surface area contributed by atoms with Crippen LogP contribution in [0.3, 0.4) is 0 Å². The molecule has 3 nitrogen and oxygen atoms in total. The third-order valence-electron chi connectivity index (χ3n) is 3.43. The number of nitrogens with zero attached hydrogens (tertiary/aromatic N) is 2. The quantitative estimate of drug-likeness (QED) is 0.763. The molecule has 19 heavy (non-hydrogen) atoms. The number of nitriles is 1. The minimum Gasteiger partial charge on any atom is -0.384 e. The zero-order chi connectivity index (χ0) is 14.3. The Bertz CT molecular complexity index is 432. The van der Waals surface area contributed by atoms with Crippen molar-refractivity contribution in [2.75, 3.05) is 25.5 Å². The van der Waals surface area contributed by atoms with Crippen LogP contribution in [0.4, 0.5) is 5.69 Å². The van der Waals surface area contributed by atoms with E-state index in [0.29, 0.717) is 6.04 Å². The number of hydrogen-bond donors (Lipinski definition) is 1.